The molecule has 2 aliphatic rings. The number of halogens is 2. The first-order valence-corrected chi connectivity index (χ1v) is 9.82. The molecule has 0 aliphatic heterocycles. The molecule has 1 amide bonds. The van der Waals surface area contributed by atoms with Crippen molar-refractivity contribution < 1.29 is 18.3 Å². The highest BCUT2D eigenvalue weighted by molar-refractivity contribution is 5.90. The molecule has 0 spiro atoms. The quantitative estimate of drug-likeness (QED) is 0.687. The monoisotopic (exact) mass is 414 g/mol. The number of nitrogens with zero attached hydrogens (tertiary/aromatic N) is 5. The number of alkyl halides is 2. The first-order valence-electron chi connectivity index (χ1n) is 9.82. The molecule has 156 valence electrons. The maximum absolute atomic E-state index is 14.1. The van der Waals surface area contributed by atoms with Gasteiger partial charge >= 0.3 is 5.92 Å². The molecule has 5 rings (SSSR count). The maximum atomic E-state index is 14.1. The zero-order valence-corrected chi connectivity index (χ0v) is 16.5. The molecule has 2 atom stereocenters. The summed E-state index contributed by atoms with van der Waals surface area (Å²) in [5, 5.41) is 7.55. The van der Waals surface area contributed by atoms with Gasteiger partial charge in [0.1, 0.15) is 11.9 Å². The van der Waals surface area contributed by atoms with Crippen LogP contribution in [0, 0.1) is 11.8 Å². The standard InChI is InChI=1S/C20H20F2N6O2/c1-10(29)25-16-6-15-13(8-23-16)9-24-28(15)17-7-18(27-19(26-17)20(2,21)22)30-14-4-11-3-12(11)5-14/h6-9,11-12,14H,3-5H2,1-2H3,(H,23,25,29). The molecule has 1 N–H and O–H groups in total. The number of fused-ring (bicyclic) bond motifs is 2. The number of nitrogens with one attached hydrogen (secondary N) is 1. The Kier molecular flexibility index (Phi) is 4.19. The first-order chi connectivity index (χ1) is 14.3. The fourth-order valence-corrected chi connectivity index (χ4v) is 4.06. The fraction of sp³-hybridized carbons (Fsp3) is 0.450. The van der Waals surface area contributed by atoms with E-state index in [1.807, 2.05) is 0 Å². The van der Waals surface area contributed by atoms with E-state index in [0.717, 1.165) is 19.8 Å². The number of anilines is 1. The zero-order valence-electron chi connectivity index (χ0n) is 16.5. The van der Waals surface area contributed by atoms with Crippen LogP contribution in [0.1, 0.15) is 38.9 Å². The van der Waals surface area contributed by atoms with Gasteiger partial charge in [-0.3, -0.25) is 4.79 Å². The van der Waals surface area contributed by atoms with Crippen LogP contribution in [0.25, 0.3) is 16.7 Å². The molecule has 3 aromatic heterocycles. The van der Waals surface area contributed by atoms with Gasteiger partial charge in [0.05, 0.1) is 11.7 Å². The second kappa shape index (κ2) is 6.68. The van der Waals surface area contributed by atoms with E-state index in [9.17, 15) is 13.6 Å². The highest BCUT2D eigenvalue weighted by Gasteiger charge is 2.47. The Bertz CT molecular complexity index is 1130. The maximum Gasteiger partial charge on any atom is 0.304 e. The smallest absolute Gasteiger partial charge is 0.304 e. The van der Waals surface area contributed by atoms with Crippen LogP contribution in [0.2, 0.25) is 0 Å². The average molecular weight is 414 g/mol. The molecular formula is C20H20F2N6O2. The molecule has 3 aromatic rings. The van der Waals surface area contributed by atoms with Gasteiger partial charge in [-0.05, 0) is 31.1 Å². The van der Waals surface area contributed by atoms with Crippen LogP contribution >= 0.6 is 0 Å². The van der Waals surface area contributed by atoms with Gasteiger partial charge in [-0.2, -0.15) is 18.9 Å². The summed E-state index contributed by atoms with van der Waals surface area (Å²) in [6, 6.07) is 3.13. The average Bonchev–Trinajstić information content (AvgIpc) is 3.08. The Morgan fingerprint density at radius 3 is 2.67 bits per heavy atom. The lowest BCUT2D eigenvalue weighted by molar-refractivity contribution is -0.114. The van der Waals surface area contributed by atoms with Crippen molar-refractivity contribution in [3.05, 3.63) is 30.4 Å². The topological polar surface area (TPSA) is 94.8 Å². The number of pyridine rings is 1. The predicted molar refractivity (Wildman–Crippen MR) is 104 cm³/mol. The SMILES string of the molecule is CC(=O)Nc1cc2c(cn1)cnn2-c1cc(OC2CC3CC3C2)nc(C(C)(F)F)n1. The second-order valence-corrected chi connectivity index (χ2v) is 8.11. The van der Waals surface area contributed by atoms with E-state index in [1.165, 1.54) is 24.1 Å². The summed E-state index contributed by atoms with van der Waals surface area (Å²) >= 11 is 0. The van der Waals surface area contributed by atoms with Gasteiger partial charge in [0.15, 0.2) is 5.82 Å². The Hall–Kier alpha value is -3.17. The van der Waals surface area contributed by atoms with E-state index < -0.39 is 11.7 Å². The number of aromatic nitrogens is 5. The summed E-state index contributed by atoms with van der Waals surface area (Å²) in [6.45, 7) is 2.13. The van der Waals surface area contributed by atoms with Crippen LogP contribution < -0.4 is 10.1 Å². The number of hydrogen-bond acceptors (Lipinski definition) is 6. The van der Waals surface area contributed by atoms with Crippen molar-refractivity contribution in [1.29, 1.82) is 0 Å². The summed E-state index contributed by atoms with van der Waals surface area (Å²) in [5.41, 5.74) is 0.561. The molecule has 0 aromatic carbocycles. The van der Waals surface area contributed by atoms with Gasteiger partial charge in [0, 0.05) is 37.6 Å². The van der Waals surface area contributed by atoms with Gasteiger partial charge in [-0.25, -0.2) is 14.6 Å². The molecule has 2 fully saturated rings. The molecule has 30 heavy (non-hydrogen) atoms. The Morgan fingerprint density at radius 2 is 1.97 bits per heavy atom. The number of carbonyl (C=O) groups excluding carboxylic acids is 1. The molecule has 0 radical (unpaired) electrons. The predicted octanol–water partition coefficient (Wildman–Crippen LogP) is 3.46. The van der Waals surface area contributed by atoms with E-state index in [-0.39, 0.29) is 23.7 Å². The molecule has 10 heteroatoms. The third kappa shape index (κ3) is 3.57. The van der Waals surface area contributed by atoms with Crippen molar-refractivity contribution in [3.63, 3.8) is 0 Å². The number of amides is 1. The van der Waals surface area contributed by atoms with Crippen LogP contribution in [-0.4, -0.2) is 36.7 Å². The second-order valence-electron chi connectivity index (χ2n) is 8.11. The van der Waals surface area contributed by atoms with Crippen molar-refractivity contribution in [2.75, 3.05) is 5.32 Å². The molecule has 2 aliphatic carbocycles. The van der Waals surface area contributed by atoms with Gasteiger partial charge < -0.3 is 10.1 Å². The summed E-state index contributed by atoms with van der Waals surface area (Å²) in [6.07, 6.45) is 6.17. The van der Waals surface area contributed by atoms with Gasteiger partial charge in [-0.1, -0.05) is 0 Å². The molecule has 2 saturated carbocycles. The summed E-state index contributed by atoms with van der Waals surface area (Å²) in [5.74, 6) is -2.15. The summed E-state index contributed by atoms with van der Waals surface area (Å²) in [7, 11) is 0. The number of carbonyl (C=O) groups is 1. The van der Waals surface area contributed by atoms with E-state index in [4.69, 9.17) is 4.74 Å². The lowest BCUT2D eigenvalue weighted by Gasteiger charge is -2.17. The Labute approximate surface area is 170 Å². The number of hydrogen-bond donors (Lipinski definition) is 1. The molecular weight excluding hydrogens is 394 g/mol. The van der Waals surface area contributed by atoms with E-state index in [0.29, 0.717) is 28.6 Å². The highest BCUT2D eigenvalue weighted by Crippen LogP contribution is 2.52. The molecule has 8 nitrogen and oxygen atoms in total. The van der Waals surface area contributed by atoms with Gasteiger partial charge in [-0.15, -0.1) is 0 Å². The summed E-state index contributed by atoms with van der Waals surface area (Å²) in [4.78, 5) is 23.5. The Balaban J connectivity index is 1.55. The highest BCUT2D eigenvalue weighted by atomic mass is 19.3. The van der Waals surface area contributed by atoms with Crippen molar-refractivity contribution in [2.45, 2.75) is 45.1 Å². The minimum Gasteiger partial charge on any atom is -0.474 e. The van der Waals surface area contributed by atoms with Crippen LogP contribution in [-0.2, 0) is 10.7 Å². The fourth-order valence-electron chi connectivity index (χ4n) is 4.06. The van der Waals surface area contributed by atoms with Crippen molar-refractivity contribution >= 4 is 22.6 Å². The molecule has 0 saturated heterocycles. The molecule has 3 heterocycles. The molecule has 2 unspecified atom stereocenters. The van der Waals surface area contributed by atoms with Crippen LogP contribution in [0.5, 0.6) is 5.88 Å². The van der Waals surface area contributed by atoms with E-state index >= 15 is 0 Å². The van der Waals surface area contributed by atoms with Crippen molar-refractivity contribution in [1.82, 2.24) is 24.7 Å². The molecule has 0 bridgehead atoms. The van der Waals surface area contributed by atoms with Gasteiger partial charge in [0.2, 0.25) is 17.6 Å². The largest absolute Gasteiger partial charge is 0.474 e. The first kappa shape index (κ1) is 18.8. The van der Waals surface area contributed by atoms with E-state index in [1.54, 1.807) is 18.5 Å². The number of rotatable bonds is 5. The minimum atomic E-state index is -3.24. The van der Waals surface area contributed by atoms with Crippen molar-refractivity contribution in [2.24, 2.45) is 11.8 Å². The number of ether oxygens (including phenoxy) is 1. The van der Waals surface area contributed by atoms with Crippen molar-refractivity contribution in [3.8, 4) is 11.7 Å². The van der Waals surface area contributed by atoms with E-state index in [2.05, 4.69) is 25.4 Å². The minimum absolute atomic E-state index is 0.0141. The van der Waals surface area contributed by atoms with Crippen LogP contribution in [0.15, 0.2) is 24.5 Å². The summed E-state index contributed by atoms with van der Waals surface area (Å²) < 4.78 is 35.5. The zero-order chi connectivity index (χ0) is 21.0. The van der Waals surface area contributed by atoms with Crippen LogP contribution in [0.3, 0.4) is 0 Å². The third-order valence-corrected chi connectivity index (χ3v) is 5.54. The third-order valence-electron chi connectivity index (χ3n) is 5.54. The normalized spacial score (nSPS) is 22.7. The van der Waals surface area contributed by atoms with Gasteiger partial charge in [0.25, 0.3) is 0 Å². The van der Waals surface area contributed by atoms with Crippen LogP contribution in [0.4, 0.5) is 14.6 Å². The lowest BCUT2D eigenvalue weighted by Crippen LogP contribution is -2.19. The lowest BCUT2D eigenvalue weighted by atomic mass is 10.2. The Morgan fingerprint density at radius 1 is 1.20 bits per heavy atom.